The first-order chi connectivity index (χ1) is 14.9. The van der Waals surface area contributed by atoms with Crippen LogP contribution in [-0.2, 0) is 24.3 Å². The molecule has 12 heteroatoms. The van der Waals surface area contributed by atoms with Crippen LogP contribution in [0.5, 0.6) is 0 Å². The number of anilines is 1. The van der Waals surface area contributed by atoms with Crippen molar-refractivity contribution in [3.05, 3.63) is 48.5 Å². The molecule has 2 heterocycles. The van der Waals surface area contributed by atoms with E-state index in [4.69, 9.17) is 4.74 Å². The van der Waals surface area contributed by atoms with Gasteiger partial charge in [0, 0.05) is 45.1 Å². The fraction of sp³-hybridized carbons (Fsp3) is 0.368. The minimum absolute atomic E-state index is 0.00267. The quantitative estimate of drug-likeness (QED) is 0.576. The van der Waals surface area contributed by atoms with Crippen LogP contribution in [0.2, 0.25) is 0 Å². The number of piperazine rings is 1. The molecule has 1 aliphatic heterocycles. The number of nitrogens with zero attached hydrogens (tertiary/aromatic N) is 4. The van der Waals surface area contributed by atoms with Crippen LogP contribution in [0.15, 0.2) is 47.6 Å². The van der Waals surface area contributed by atoms with E-state index in [1.807, 2.05) is 0 Å². The van der Waals surface area contributed by atoms with Crippen molar-refractivity contribution in [2.24, 2.45) is 0 Å². The summed E-state index contributed by atoms with van der Waals surface area (Å²) in [6.45, 7) is 0.385. The first kappa shape index (κ1) is 22.6. The van der Waals surface area contributed by atoms with E-state index in [0.717, 1.165) is 12.1 Å². The number of amides is 1. The molecule has 0 bridgehead atoms. The number of carbonyl (C=O) groups is 2. The zero-order valence-electron chi connectivity index (χ0n) is 16.6. The highest BCUT2D eigenvalue weighted by atomic mass is 32.2. The maximum Gasteiger partial charge on any atom is 0.308 e. The Labute approximate surface area is 179 Å². The maximum absolute atomic E-state index is 13.0. The lowest BCUT2D eigenvalue weighted by molar-refractivity contribution is -0.152. The minimum Gasteiger partial charge on any atom is -0.456 e. The number of sulfonamides is 1. The van der Waals surface area contributed by atoms with Gasteiger partial charge in [0.2, 0.25) is 16.0 Å². The molecule has 0 spiro atoms. The number of ether oxygens (including phenoxy) is 1. The highest BCUT2D eigenvalue weighted by Gasteiger charge is 2.30. The summed E-state index contributed by atoms with van der Waals surface area (Å²) in [5.41, 5.74) is 0. The number of nitrogens with one attached hydrogen (secondary N) is 1. The van der Waals surface area contributed by atoms with E-state index >= 15 is 0 Å². The van der Waals surface area contributed by atoms with Gasteiger partial charge in [0.15, 0.2) is 6.61 Å². The summed E-state index contributed by atoms with van der Waals surface area (Å²) in [7, 11) is -3.76. The number of halogens is 1. The predicted octanol–water partition coefficient (Wildman–Crippen LogP) is 0.494. The Kier molecular flexibility index (Phi) is 7.47. The van der Waals surface area contributed by atoms with Gasteiger partial charge in [-0.05, 0) is 30.3 Å². The molecule has 1 fully saturated rings. The molecule has 31 heavy (non-hydrogen) atoms. The molecule has 1 aromatic heterocycles. The Balaban J connectivity index is 1.39. The van der Waals surface area contributed by atoms with E-state index in [-0.39, 0.29) is 44.0 Å². The van der Waals surface area contributed by atoms with Gasteiger partial charge < -0.3 is 15.0 Å². The number of carbonyl (C=O) groups excluding carboxylic acids is 2. The number of esters is 1. The van der Waals surface area contributed by atoms with Gasteiger partial charge in [0.1, 0.15) is 5.82 Å². The number of aromatic nitrogens is 2. The van der Waals surface area contributed by atoms with Gasteiger partial charge in [-0.15, -0.1) is 0 Å². The average molecular weight is 451 g/mol. The molecule has 1 N–H and O–H groups in total. The molecular weight excluding hydrogens is 429 g/mol. The van der Waals surface area contributed by atoms with Crippen molar-refractivity contribution in [1.29, 1.82) is 0 Å². The normalized spacial score (nSPS) is 14.8. The molecule has 0 aliphatic carbocycles. The van der Waals surface area contributed by atoms with Crippen LogP contribution in [0.25, 0.3) is 0 Å². The summed E-state index contributed by atoms with van der Waals surface area (Å²) in [6, 6.07) is 6.26. The predicted molar refractivity (Wildman–Crippen MR) is 108 cm³/mol. The molecule has 0 unspecified atom stereocenters. The van der Waals surface area contributed by atoms with Crippen LogP contribution in [0.4, 0.5) is 10.3 Å². The van der Waals surface area contributed by atoms with Crippen molar-refractivity contribution < 1.29 is 27.1 Å². The molecule has 1 aliphatic rings. The van der Waals surface area contributed by atoms with Crippen molar-refractivity contribution >= 4 is 27.8 Å². The molecule has 0 saturated carbocycles. The van der Waals surface area contributed by atoms with Crippen LogP contribution in [0, 0.1) is 5.82 Å². The molecule has 10 nitrogen and oxygen atoms in total. The third-order valence-electron chi connectivity index (χ3n) is 4.58. The monoisotopic (exact) mass is 451 g/mol. The molecule has 166 valence electrons. The van der Waals surface area contributed by atoms with Gasteiger partial charge in [0.25, 0.3) is 5.91 Å². The molecular formula is C19H22FN5O5S. The second kappa shape index (κ2) is 10.3. The van der Waals surface area contributed by atoms with Crippen molar-refractivity contribution in [1.82, 2.24) is 19.2 Å². The molecule has 0 atom stereocenters. The number of benzene rings is 1. The topological polar surface area (TPSA) is 122 Å². The fourth-order valence-electron chi connectivity index (χ4n) is 2.91. The van der Waals surface area contributed by atoms with E-state index in [2.05, 4.69) is 15.3 Å². The van der Waals surface area contributed by atoms with Crippen molar-refractivity contribution in [3.63, 3.8) is 0 Å². The molecule has 2 aromatic rings. The fourth-order valence-corrected chi connectivity index (χ4v) is 4.33. The highest BCUT2D eigenvalue weighted by molar-refractivity contribution is 7.89. The third kappa shape index (κ3) is 6.18. The summed E-state index contributed by atoms with van der Waals surface area (Å²) in [5, 5.41) is 2.86. The van der Waals surface area contributed by atoms with Gasteiger partial charge in [-0.2, -0.15) is 4.31 Å². The minimum atomic E-state index is -3.76. The number of rotatable bonds is 8. The van der Waals surface area contributed by atoms with Gasteiger partial charge >= 0.3 is 5.97 Å². The largest absolute Gasteiger partial charge is 0.456 e. The lowest BCUT2D eigenvalue weighted by Crippen LogP contribution is -2.51. The molecule has 3 rings (SSSR count). The standard InChI is InChI=1S/C19H22FN5O5S/c20-15-2-4-16(5-3-15)31(28,29)25-12-10-24(11-13-25)17(26)14-30-18(27)6-9-23-19-21-7-1-8-22-19/h1-5,7-8H,6,9-14H2,(H,21,22,23). The Morgan fingerprint density at radius 3 is 2.35 bits per heavy atom. The zero-order valence-corrected chi connectivity index (χ0v) is 17.4. The van der Waals surface area contributed by atoms with Crippen molar-refractivity contribution in [2.75, 3.05) is 44.6 Å². The number of hydrogen-bond acceptors (Lipinski definition) is 8. The van der Waals surface area contributed by atoms with E-state index < -0.39 is 34.3 Å². The zero-order chi connectivity index (χ0) is 22.3. The third-order valence-corrected chi connectivity index (χ3v) is 6.49. The van der Waals surface area contributed by atoms with Crippen LogP contribution in [-0.4, -0.2) is 78.8 Å². The first-order valence-electron chi connectivity index (χ1n) is 9.56. The Morgan fingerprint density at radius 2 is 1.71 bits per heavy atom. The SMILES string of the molecule is O=C(CCNc1ncccn1)OCC(=O)N1CCN(S(=O)(=O)c2ccc(F)cc2)CC1. The van der Waals surface area contributed by atoms with Gasteiger partial charge in [-0.25, -0.2) is 22.8 Å². The van der Waals surface area contributed by atoms with Crippen LogP contribution in [0.1, 0.15) is 6.42 Å². The summed E-state index contributed by atoms with van der Waals surface area (Å²) < 4.78 is 44.5. The van der Waals surface area contributed by atoms with E-state index in [1.165, 1.54) is 21.3 Å². The summed E-state index contributed by atoms with van der Waals surface area (Å²) in [6.07, 6.45) is 3.17. The van der Waals surface area contributed by atoms with E-state index in [0.29, 0.717) is 5.95 Å². The summed E-state index contributed by atoms with van der Waals surface area (Å²) in [5.74, 6) is -1.08. The van der Waals surface area contributed by atoms with Gasteiger partial charge in [0.05, 0.1) is 11.3 Å². The smallest absolute Gasteiger partial charge is 0.308 e. The van der Waals surface area contributed by atoms with Crippen molar-refractivity contribution in [2.45, 2.75) is 11.3 Å². The van der Waals surface area contributed by atoms with E-state index in [1.54, 1.807) is 18.5 Å². The Hall–Kier alpha value is -3.12. The Morgan fingerprint density at radius 1 is 1.06 bits per heavy atom. The van der Waals surface area contributed by atoms with Crippen LogP contribution >= 0.6 is 0 Å². The number of hydrogen-bond donors (Lipinski definition) is 1. The van der Waals surface area contributed by atoms with Gasteiger partial charge in [-0.3, -0.25) is 9.59 Å². The lowest BCUT2D eigenvalue weighted by atomic mass is 10.3. The summed E-state index contributed by atoms with van der Waals surface area (Å²) >= 11 is 0. The summed E-state index contributed by atoms with van der Waals surface area (Å²) in [4.78, 5) is 33.4. The highest BCUT2D eigenvalue weighted by Crippen LogP contribution is 2.18. The lowest BCUT2D eigenvalue weighted by Gasteiger charge is -2.33. The van der Waals surface area contributed by atoms with Crippen molar-refractivity contribution in [3.8, 4) is 0 Å². The van der Waals surface area contributed by atoms with Crippen LogP contribution in [0.3, 0.4) is 0 Å². The molecule has 1 aromatic carbocycles. The second-order valence-corrected chi connectivity index (χ2v) is 8.59. The Bertz CT molecular complexity index is 996. The second-order valence-electron chi connectivity index (χ2n) is 6.65. The van der Waals surface area contributed by atoms with Gasteiger partial charge in [-0.1, -0.05) is 0 Å². The maximum atomic E-state index is 13.0. The molecule has 1 amide bonds. The molecule has 1 saturated heterocycles. The van der Waals surface area contributed by atoms with Crippen LogP contribution < -0.4 is 5.32 Å². The average Bonchev–Trinajstić information content (AvgIpc) is 2.78. The molecule has 0 radical (unpaired) electrons. The van der Waals surface area contributed by atoms with E-state index in [9.17, 15) is 22.4 Å². The first-order valence-corrected chi connectivity index (χ1v) is 11.0.